The Labute approximate surface area is 160 Å². The Hall–Kier alpha value is -1.68. The lowest BCUT2D eigenvalue weighted by Gasteiger charge is -2.31. The molecule has 0 amide bonds. The van der Waals surface area contributed by atoms with Crippen molar-refractivity contribution in [1.82, 2.24) is 0 Å². The topological polar surface area (TPSA) is 49.8 Å². The van der Waals surface area contributed by atoms with Crippen molar-refractivity contribution >= 4 is 18.4 Å². The van der Waals surface area contributed by atoms with Gasteiger partial charge in [-0.05, 0) is 43.2 Å². The second-order valence-corrected chi connectivity index (χ2v) is 9.68. The molecular formula is C21H27FNO3P. The van der Waals surface area contributed by atoms with Gasteiger partial charge in [0.05, 0.1) is 6.10 Å². The first kappa shape index (κ1) is 20.1. The summed E-state index contributed by atoms with van der Waals surface area (Å²) in [5.74, 6) is -2.12. The molecule has 27 heavy (non-hydrogen) atoms. The van der Waals surface area contributed by atoms with Gasteiger partial charge in [0.1, 0.15) is 5.82 Å². The van der Waals surface area contributed by atoms with E-state index in [9.17, 15) is 14.1 Å². The standard InChI is InChI=1S/C21H27FNO3P/c1-23(2)16-12-14-18(15-13-16)27(25,26-17-8-4-3-5-9-17)21(24)19-10-6-7-11-20(19)22/h6-7,10-15,17,21,24H,3-5,8-9H2,1-2H3/t21-,27+/m1/s1. The maximum Gasteiger partial charge on any atom is 0.264 e. The van der Waals surface area contributed by atoms with Crippen molar-refractivity contribution in [3.05, 3.63) is 59.9 Å². The summed E-state index contributed by atoms with van der Waals surface area (Å²) in [6.45, 7) is 0. The molecule has 0 bridgehead atoms. The molecule has 0 unspecified atom stereocenters. The number of aliphatic hydroxyl groups excluding tert-OH is 1. The van der Waals surface area contributed by atoms with Gasteiger partial charge in [-0.2, -0.15) is 0 Å². The number of hydrogen-bond acceptors (Lipinski definition) is 4. The van der Waals surface area contributed by atoms with Crippen LogP contribution in [0.4, 0.5) is 10.1 Å². The van der Waals surface area contributed by atoms with Gasteiger partial charge in [0.25, 0.3) is 7.37 Å². The van der Waals surface area contributed by atoms with Crippen molar-refractivity contribution in [2.75, 3.05) is 19.0 Å². The van der Waals surface area contributed by atoms with E-state index >= 15 is 0 Å². The molecule has 6 heteroatoms. The number of aliphatic hydroxyl groups is 1. The Morgan fingerprint density at radius 1 is 1.07 bits per heavy atom. The lowest BCUT2D eigenvalue weighted by molar-refractivity contribution is 0.136. The summed E-state index contributed by atoms with van der Waals surface area (Å²) in [7, 11) is 0.103. The lowest BCUT2D eigenvalue weighted by Crippen LogP contribution is -2.23. The van der Waals surface area contributed by atoms with Crippen LogP contribution in [-0.2, 0) is 9.09 Å². The van der Waals surface area contributed by atoms with E-state index in [0.717, 1.165) is 37.8 Å². The van der Waals surface area contributed by atoms with Crippen molar-refractivity contribution in [2.24, 2.45) is 0 Å². The third kappa shape index (κ3) is 4.43. The monoisotopic (exact) mass is 391 g/mol. The van der Waals surface area contributed by atoms with Gasteiger partial charge < -0.3 is 14.5 Å². The predicted molar refractivity (Wildman–Crippen MR) is 107 cm³/mol. The van der Waals surface area contributed by atoms with Gasteiger partial charge in [-0.25, -0.2) is 4.39 Å². The minimum absolute atomic E-state index is 0.00771. The molecule has 0 spiro atoms. The molecule has 146 valence electrons. The van der Waals surface area contributed by atoms with Crippen molar-refractivity contribution in [3.8, 4) is 0 Å². The Balaban J connectivity index is 1.99. The van der Waals surface area contributed by atoms with Crippen LogP contribution in [0.3, 0.4) is 0 Å². The molecule has 1 aliphatic rings. The summed E-state index contributed by atoms with van der Waals surface area (Å²) in [6, 6.07) is 13.0. The van der Waals surface area contributed by atoms with Crippen molar-refractivity contribution < 1.29 is 18.6 Å². The number of anilines is 1. The lowest BCUT2D eigenvalue weighted by atomic mass is 9.98. The van der Waals surface area contributed by atoms with Crippen LogP contribution in [-0.4, -0.2) is 25.3 Å². The van der Waals surface area contributed by atoms with Gasteiger partial charge in [-0.1, -0.05) is 37.5 Å². The fraction of sp³-hybridized carbons (Fsp3) is 0.429. The van der Waals surface area contributed by atoms with Crippen LogP contribution in [0.1, 0.15) is 43.5 Å². The molecule has 2 aromatic rings. The van der Waals surface area contributed by atoms with Crippen molar-refractivity contribution in [1.29, 1.82) is 0 Å². The maximum absolute atomic E-state index is 14.3. The van der Waals surface area contributed by atoms with E-state index in [-0.39, 0.29) is 11.7 Å². The molecule has 1 N–H and O–H groups in total. The summed E-state index contributed by atoms with van der Waals surface area (Å²) in [6.07, 6.45) is 4.60. The molecule has 1 aliphatic carbocycles. The van der Waals surface area contributed by atoms with E-state index in [1.54, 1.807) is 24.3 Å². The number of halogens is 1. The Bertz CT molecular complexity index is 803. The molecule has 0 aliphatic heterocycles. The van der Waals surface area contributed by atoms with Crippen molar-refractivity contribution in [3.63, 3.8) is 0 Å². The molecule has 0 aromatic heterocycles. The zero-order valence-corrected chi connectivity index (χ0v) is 16.7. The van der Waals surface area contributed by atoms with Crippen LogP contribution in [0, 0.1) is 5.82 Å². The van der Waals surface area contributed by atoms with E-state index in [2.05, 4.69) is 0 Å². The van der Waals surface area contributed by atoms with Crippen LogP contribution < -0.4 is 10.2 Å². The molecule has 3 rings (SSSR count). The highest BCUT2D eigenvalue weighted by molar-refractivity contribution is 7.67. The fourth-order valence-corrected chi connectivity index (χ4v) is 5.79. The van der Waals surface area contributed by atoms with E-state index < -0.39 is 19.0 Å². The number of hydrogen-bond donors (Lipinski definition) is 1. The molecule has 2 atom stereocenters. The Kier molecular flexibility index (Phi) is 6.36. The zero-order chi connectivity index (χ0) is 19.4. The Morgan fingerprint density at radius 3 is 2.30 bits per heavy atom. The van der Waals surface area contributed by atoms with Crippen LogP contribution in [0.2, 0.25) is 0 Å². The highest BCUT2D eigenvalue weighted by Crippen LogP contribution is 2.59. The van der Waals surface area contributed by atoms with Gasteiger partial charge in [-0.3, -0.25) is 4.57 Å². The van der Waals surface area contributed by atoms with Crippen LogP contribution in [0.25, 0.3) is 0 Å². The molecule has 0 radical (unpaired) electrons. The summed E-state index contributed by atoms with van der Waals surface area (Å²) in [5.41, 5.74) is 0.955. The quantitative estimate of drug-likeness (QED) is 0.716. The molecule has 2 aromatic carbocycles. The number of nitrogens with zero attached hydrogens (tertiary/aromatic N) is 1. The minimum atomic E-state index is -3.73. The molecular weight excluding hydrogens is 364 g/mol. The average molecular weight is 391 g/mol. The smallest absolute Gasteiger partial charge is 0.264 e. The first-order valence-electron chi connectivity index (χ1n) is 9.40. The van der Waals surface area contributed by atoms with Gasteiger partial charge >= 0.3 is 0 Å². The molecule has 0 heterocycles. The molecule has 1 fully saturated rings. The molecule has 0 saturated heterocycles. The molecule has 4 nitrogen and oxygen atoms in total. The van der Waals surface area contributed by atoms with E-state index in [1.807, 2.05) is 31.1 Å². The summed E-state index contributed by atoms with van der Waals surface area (Å²) >= 11 is 0. The first-order valence-corrected chi connectivity index (χ1v) is 11.1. The highest BCUT2D eigenvalue weighted by Gasteiger charge is 2.40. The average Bonchev–Trinajstić information content (AvgIpc) is 2.68. The predicted octanol–water partition coefficient (Wildman–Crippen LogP) is 4.84. The van der Waals surface area contributed by atoms with Crippen LogP contribution >= 0.6 is 7.37 Å². The zero-order valence-electron chi connectivity index (χ0n) is 15.8. The second kappa shape index (κ2) is 8.55. The summed E-state index contributed by atoms with van der Waals surface area (Å²) in [5, 5.41) is 11.4. The normalized spacial score (nSPS) is 18.7. The third-order valence-corrected chi connectivity index (χ3v) is 7.64. The third-order valence-electron chi connectivity index (χ3n) is 5.09. The highest BCUT2D eigenvalue weighted by atomic mass is 31.2. The van der Waals surface area contributed by atoms with E-state index in [4.69, 9.17) is 4.52 Å². The minimum Gasteiger partial charge on any atom is -0.378 e. The van der Waals surface area contributed by atoms with Crippen molar-refractivity contribution in [2.45, 2.75) is 44.1 Å². The largest absolute Gasteiger partial charge is 0.378 e. The van der Waals surface area contributed by atoms with Gasteiger partial charge in [0.15, 0.2) is 5.85 Å². The maximum atomic E-state index is 14.3. The Morgan fingerprint density at radius 2 is 1.70 bits per heavy atom. The number of rotatable bonds is 6. The SMILES string of the molecule is CN(C)c1ccc([P@](=O)(OC2CCCCC2)[C@@H](O)c2ccccc2F)cc1. The van der Waals surface area contributed by atoms with E-state index in [0.29, 0.717) is 5.30 Å². The molecule has 1 saturated carbocycles. The van der Waals surface area contributed by atoms with E-state index in [1.165, 1.54) is 12.1 Å². The summed E-state index contributed by atoms with van der Waals surface area (Å²) < 4.78 is 34.3. The second-order valence-electron chi connectivity index (χ2n) is 7.27. The van der Waals surface area contributed by atoms with Gasteiger partial charge in [0, 0.05) is 30.7 Å². The number of benzene rings is 2. The van der Waals surface area contributed by atoms with Crippen LogP contribution in [0.5, 0.6) is 0 Å². The van der Waals surface area contributed by atoms with Gasteiger partial charge in [-0.15, -0.1) is 0 Å². The first-order chi connectivity index (χ1) is 12.9. The van der Waals surface area contributed by atoms with Crippen LogP contribution in [0.15, 0.2) is 48.5 Å². The fourth-order valence-electron chi connectivity index (χ4n) is 3.48. The van der Waals surface area contributed by atoms with Gasteiger partial charge in [0.2, 0.25) is 0 Å². The summed E-state index contributed by atoms with van der Waals surface area (Å²) in [4.78, 5) is 1.93.